The highest BCUT2D eigenvalue weighted by molar-refractivity contribution is 5.82. The highest BCUT2D eigenvalue weighted by Crippen LogP contribution is 2.69. The van der Waals surface area contributed by atoms with E-state index in [9.17, 15) is 9.90 Å². The molecule has 1 heterocycles. The first-order valence-electron chi connectivity index (χ1n) is 14.3. The van der Waals surface area contributed by atoms with Gasteiger partial charge in [-0.2, -0.15) is 15.0 Å². The summed E-state index contributed by atoms with van der Waals surface area (Å²) in [6.45, 7) is 7.14. The van der Waals surface area contributed by atoms with Crippen molar-refractivity contribution >= 4 is 16.8 Å². The van der Waals surface area contributed by atoms with E-state index >= 15 is 0 Å². The summed E-state index contributed by atoms with van der Waals surface area (Å²) < 4.78 is 5.31. The zero-order valence-electron chi connectivity index (χ0n) is 22.5. The predicted molar refractivity (Wildman–Crippen MR) is 140 cm³/mol. The van der Waals surface area contributed by atoms with Gasteiger partial charge in [0.25, 0.3) is 0 Å². The summed E-state index contributed by atoms with van der Waals surface area (Å²) in [5.41, 5.74) is 1.57. The number of aromatic nitrogens is 3. The Morgan fingerprint density at radius 3 is 2.64 bits per heavy atom. The van der Waals surface area contributed by atoms with Crippen LogP contribution in [-0.4, -0.2) is 38.6 Å². The van der Waals surface area contributed by atoms with Crippen molar-refractivity contribution in [1.82, 2.24) is 15.0 Å². The highest BCUT2D eigenvalue weighted by Gasteiger charge is 2.62. The maximum Gasteiger partial charge on any atom is 0.159 e. The molecular formula is C30H43N3O3. The first kappa shape index (κ1) is 24.4. The van der Waals surface area contributed by atoms with Crippen molar-refractivity contribution in [2.75, 3.05) is 7.11 Å². The number of Topliss-reactive ketones (excluding diaryl/α,β-unsaturated/α-hetero) is 1. The van der Waals surface area contributed by atoms with Crippen LogP contribution in [0.4, 0.5) is 0 Å². The maximum atomic E-state index is 13.7. The van der Waals surface area contributed by atoms with Crippen LogP contribution in [0.3, 0.4) is 0 Å². The van der Waals surface area contributed by atoms with Gasteiger partial charge in [-0.25, -0.2) is 0 Å². The molecule has 0 amide bonds. The second-order valence-electron chi connectivity index (χ2n) is 13.2. The molecule has 8 atom stereocenters. The molecule has 1 N–H and O–H groups in total. The first-order valence-corrected chi connectivity index (χ1v) is 14.3. The molecule has 196 valence electrons. The summed E-state index contributed by atoms with van der Waals surface area (Å²) in [6.07, 6.45) is 11.5. The SMILES string of the molecule is CC[C@]12CC[C@@](C)(O)C[C@@H]1CC[C@H]1[C@@H]3CC[C@H](C(=O)Cn4nc5ccc(OC)cc5n4)[C@@]3(C)CC[C@@H]12. The van der Waals surface area contributed by atoms with Crippen LogP contribution in [0.15, 0.2) is 18.2 Å². The number of benzene rings is 1. The van der Waals surface area contributed by atoms with E-state index in [-0.39, 0.29) is 17.9 Å². The second-order valence-corrected chi connectivity index (χ2v) is 13.2. The molecule has 36 heavy (non-hydrogen) atoms. The molecule has 0 saturated heterocycles. The van der Waals surface area contributed by atoms with Gasteiger partial charge in [0, 0.05) is 12.0 Å². The molecule has 1 aromatic heterocycles. The summed E-state index contributed by atoms with van der Waals surface area (Å²) in [5.74, 6) is 3.97. The minimum absolute atomic E-state index is 0.0932. The smallest absolute Gasteiger partial charge is 0.159 e. The zero-order valence-corrected chi connectivity index (χ0v) is 22.5. The first-order chi connectivity index (χ1) is 17.2. The molecule has 6 nitrogen and oxygen atoms in total. The van der Waals surface area contributed by atoms with Crippen LogP contribution in [0.25, 0.3) is 11.0 Å². The summed E-state index contributed by atoms with van der Waals surface area (Å²) in [5, 5.41) is 20.0. The van der Waals surface area contributed by atoms with Crippen LogP contribution in [-0.2, 0) is 11.3 Å². The van der Waals surface area contributed by atoms with Gasteiger partial charge < -0.3 is 9.84 Å². The van der Waals surface area contributed by atoms with E-state index in [2.05, 4.69) is 31.0 Å². The molecule has 0 bridgehead atoms. The van der Waals surface area contributed by atoms with Gasteiger partial charge in [-0.15, -0.1) is 0 Å². The van der Waals surface area contributed by atoms with Crippen LogP contribution in [0.5, 0.6) is 5.75 Å². The lowest BCUT2D eigenvalue weighted by Crippen LogP contribution is -2.56. The number of rotatable bonds is 5. The third-order valence-corrected chi connectivity index (χ3v) is 11.6. The lowest BCUT2D eigenvalue weighted by atomic mass is 9.42. The van der Waals surface area contributed by atoms with E-state index in [1.54, 1.807) is 11.9 Å². The van der Waals surface area contributed by atoms with Gasteiger partial charge in [0.1, 0.15) is 23.3 Å². The van der Waals surface area contributed by atoms with Crippen molar-refractivity contribution < 1.29 is 14.6 Å². The van der Waals surface area contributed by atoms with E-state index in [0.717, 1.165) is 54.3 Å². The fraction of sp³-hybridized carbons (Fsp3) is 0.767. The molecule has 6 heteroatoms. The number of hydrogen-bond donors (Lipinski definition) is 1. The Kier molecular flexibility index (Phi) is 5.79. The summed E-state index contributed by atoms with van der Waals surface area (Å²) in [7, 11) is 1.65. The third-order valence-electron chi connectivity index (χ3n) is 11.6. The number of ether oxygens (including phenoxy) is 1. The molecule has 4 fully saturated rings. The third kappa shape index (κ3) is 3.65. The molecule has 0 spiro atoms. The standard InChI is InChI=1S/C30H43N3O3/c1-5-30-15-14-28(2,35)17-19(30)6-8-21-22-9-10-24(29(22,3)13-12-23(21)30)27(34)18-33-31-25-11-7-20(36-4)16-26(25)32-33/h7,11,16,19,21-24,35H,5-6,8-10,12-15,17-18H2,1-4H3/t19-,21-,22-,23-,24+,28+,29-,30-/m0/s1. The number of nitrogens with zero attached hydrogens (tertiary/aromatic N) is 3. The van der Waals surface area contributed by atoms with E-state index in [0.29, 0.717) is 23.0 Å². The van der Waals surface area contributed by atoms with E-state index in [1.165, 1.54) is 38.5 Å². The van der Waals surface area contributed by atoms with Crippen molar-refractivity contribution in [3.63, 3.8) is 0 Å². The predicted octanol–water partition coefficient (Wildman–Crippen LogP) is 5.81. The van der Waals surface area contributed by atoms with Gasteiger partial charge in [-0.3, -0.25) is 4.79 Å². The largest absolute Gasteiger partial charge is 0.497 e. The molecule has 4 aliphatic rings. The maximum absolute atomic E-state index is 13.7. The number of carbonyl (C=O) groups excluding carboxylic acids is 1. The number of methoxy groups -OCH3 is 1. The van der Waals surface area contributed by atoms with Gasteiger partial charge in [-0.05, 0) is 118 Å². The molecule has 4 aliphatic carbocycles. The Morgan fingerprint density at radius 1 is 1.06 bits per heavy atom. The minimum atomic E-state index is -0.485. The van der Waals surface area contributed by atoms with Crippen molar-refractivity contribution in [1.29, 1.82) is 0 Å². The average Bonchev–Trinajstić information content (AvgIpc) is 3.42. The Morgan fingerprint density at radius 2 is 1.86 bits per heavy atom. The van der Waals surface area contributed by atoms with Crippen LogP contribution in [0.1, 0.15) is 85.0 Å². The van der Waals surface area contributed by atoms with Gasteiger partial charge in [0.2, 0.25) is 0 Å². The van der Waals surface area contributed by atoms with Crippen molar-refractivity contribution in [2.45, 2.75) is 97.1 Å². The summed E-state index contributed by atoms with van der Waals surface area (Å²) in [4.78, 5) is 15.3. The zero-order chi connectivity index (χ0) is 25.3. The van der Waals surface area contributed by atoms with Crippen molar-refractivity contribution in [3.05, 3.63) is 18.2 Å². The van der Waals surface area contributed by atoms with Crippen LogP contribution < -0.4 is 4.74 Å². The normalized spacial score (nSPS) is 42.0. The van der Waals surface area contributed by atoms with Crippen LogP contribution in [0, 0.1) is 40.4 Å². The molecule has 1 aromatic carbocycles. The quantitative estimate of drug-likeness (QED) is 0.569. The van der Waals surface area contributed by atoms with E-state index < -0.39 is 5.60 Å². The minimum Gasteiger partial charge on any atom is -0.497 e. The monoisotopic (exact) mass is 493 g/mol. The van der Waals surface area contributed by atoms with E-state index in [4.69, 9.17) is 4.74 Å². The molecule has 4 saturated carbocycles. The fourth-order valence-electron chi connectivity index (χ4n) is 9.86. The summed E-state index contributed by atoms with van der Waals surface area (Å²) in [6, 6.07) is 5.66. The lowest BCUT2D eigenvalue weighted by molar-refractivity contribution is -0.158. The topological polar surface area (TPSA) is 77.2 Å². The van der Waals surface area contributed by atoms with Crippen LogP contribution >= 0.6 is 0 Å². The number of carbonyl (C=O) groups is 1. The highest BCUT2D eigenvalue weighted by atomic mass is 16.5. The molecule has 0 aliphatic heterocycles. The van der Waals surface area contributed by atoms with Crippen molar-refractivity contribution in [3.8, 4) is 5.75 Å². The second kappa shape index (κ2) is 8.54. The van der Waals surface area contributed by atoms with E-state index in [1.807, 2.05) is 18.2 Å². The number of fused-ring (bicyclic) bond motifs is 6. The van der Waals surface area contributed by atoms with Gasteiger partial charge >= 0.3 is 0 Å². The number of aliphatic hydroxyl groups is 1. The molecule has 0 radical (unpaired) electrons. The summed E-state index contributed by atoms with van der Waals surface area (Å²) >= 11 is 0. The lowest BCUT2D eigenvalue weighted by Gasteiger charge is -2.63. The van der Waals surface area contributed by atoms with Crippen molar-refractivity contribution in [2.24, 2.45) is 40.4 Å². The fourth-order valence-corrected chi connectivity index (χ4v) is 9.86. The van der Waals surface area contributed by atoms with Gasteiger partial charge in [0.05, 0.1) is 12.7 Å². The van der Waals surface area contributed by atoms with Gasteiger partial charge in [0.15, 0.2) is 5.78 Å². The molecular weight excluding hydrogens is 450 g/mol. The number of hydrogen-bond acceptors (Lipinski definition) is 5. The Labute approximate surface area is 215 Å². The molecule has 6 rings (SSSR count). The molecule has 2 aromatic rings. The van der Waals surface area contributed by atoms with Gasteiger partial charge in [-0.1, -0.05) is 13.8 Å². The average molecular weight is 494 g/mol. The molecule has 0 unspecified atom stereocenters. The van der Waals surface area contributed by atoms with Crippen LogP contribution in [0.2, 0.25) is 0 Å². The number of ketones is 1. The Balaban J connectivity index is 1.21. The Bertz CT molecular complexity index is 1160. The Hall–Kier alpha value is -1.95.